The lowest BCUT2D eigenvalue weighted by Crippen LogP contribution is -2.47. The van der Waals surface area contributed by atoms with E-state index in [9.17, 15) is 4.79 Å². The van der Waals surface area contributed by atoms with Crippen LogP contribution in [0.5, 0.6) is 0 Å². The van der Waals surface area contributed by atoms with E-state index in [-0.39, 0.29) is 11.9 Å². The molecular formula is C22H20N2O2. The van der Waals surface area contributed by atoms with E-state index in [4.69, 9.17) is 4.74 Å². The molecule has 4 nitrogen and oxygen atoms in total. The summed E-state index contributed by atoms with van der Waals surface area (Å²) in [4.78, 5) is 12.4. The summed E-state index contributed by atoms with van der Waals surface area (Å²) >= 11 is 0. The zero-order valence-corrected chi connectivity index (χ0v) is 14.3. The number of anilines is 2. The van der Waals surface area contributed by atoms with Gasteiger partial charge in [0.15, 0.2) is 0 Å². The van der Waals surface area contributed by atoms with E-state index in [0.717, 1.165) is 16.9 Å². The lowest BCUT2D eigenvalue weighted by Gasteiger charge is -2.29. The quantitative estimate of drug-likeness (QED) is 0.560. The number of ether oxygens (including phenoxy) is 1. The average Bonchev–Trinajstić information content (AvgIpc) is 3.08. The molecule has 1 N–H and O–H groups in total. The number of hydrogen-bond acceptors (Lipinski definition) is 4. The lowest BCUT2D eigenvalue weighted by molar-refractivity contribution is -0.139. The zero-order chi connectivity index (χ0) is 17.8. The molecule has 2 unspecified atom stereocenters. The molecule has 0 saturated carbocycles. The Bertz CT molecular complexity index is 814. The van der Waals surface area contributed by atoms with Gasteiger partial charge in [0.1, 0.15) is 12.6 Å². The molecule has 0 aromatic heterocycles. The smallest absolute Gasteiger partial charge is 0.325 e. The van der Waals surface area contributed by atoms with Crippen LogP contribution in [0.4, 0.5) is 11.4 Å². The van der Waals surface area contributed by atoms with Crippen LogP contribution in [0.15, 0.2) is 91.0 Å². The minimum absolute atomic E-state index is 0.0291. The highest BCUT2D eigenvalue weighted by molar-refractivity contribution is 5.80. The van der Waals surface area contributed by atoms with E-state index < -0.39 is 6.04 Å². The maximum absolute atomic E-state index is 12.4. The number of benzene rings is 3. The lowest BCUT2D eigenvalue weighted by atomic mass is 9.94. The van der Waals surface area contributed by atoms with Gasteiger partial charge in [0.2, 0.25) is 0 Å². The Morgan fingerprint density at radius 1 is 0.769 bits per heavy atom. The summed E-state index contributed by atoms with van der Waals surface area (Å²) in [6.45, 7) is 0.387. The molecule has 130 valence electrons. The van der Waals surface area contributed by atoms with Crippen molar-refractivity contribution in [2.45, 2.75) is 12.0 Å². The molecule has 2 atom stereocenters. The van der Waals surface area contributed by atoms with Gasteiger partial charge >= 0.3 is 5.97 Å². The zero-order valence-electron chi connectivity index (χ0n) is 14.3. The van der Waals surface area contributed by atoms with Gasteiger partial charge in [-0.1, -0.05) is 66.7 Å². The molecule has 1 aliphatic rings. The molecular weight excluding hydrogens is 324 g/mol. The van der Waals surface area contributed by atoms with Gasteiger partial charge in [-0.2, -0.15) is 0 Å². The third-order valence-corrected chi connectivity index (χ3v) is 4.59. The first-order valence-electron chi connectivity index (χ1n) is 8.71. The van der Waals surface area contributed by atoms with Crippen molar-refractivity contribution >= 4 is 17.3 Å². The number of carbonyl (C=O) groups is 1. The summed E-state index contributed by atoms with van der Waals surface area (Å²) in [6.07, 6.45) is 0. The van der Waals surface area contributed by atoms with E-state index in [1.165, 1.54) is 0 Å². The minimum Gasteiger partial charge on any atom is -0.464 e. The summed E-state index contributed by atoms with van der Waals surface area (Å²) in [5, 5.41) is 1.95. The van der Waals surface area contributed by atoms with Gasteiger partial charge in [0.05, 0.1) is 11.4 Å². The van der Waals surface area contributed by atoms with Crippen molar-refractivity contribution in [1.29, 1.82) is 0 Å². The number of para-hydroxylation sites is 2. The van der Waals surface area contributed by atoms with Gasteiger partial charge in [0, 0.05) is 5.92 Å². The van der Waals surface area contributed by atoms with Crippen molar-refractivity contribution < 1.29 is 9.53 Å². The molecule has 1 aliphatic heterocycles. The second-order valence-corrected chi connectivity index (χ2v) is 6.26. The predicted molar refractivity (Wildman–Crippen MR) is 102 cm³/mol. The third-order valence-electron chi connectivity index (χ3n) is 4.59. The number of rotatable bonds is 5. The fraction of sp³-hybridized carbons (Fsp3) is 0.136. The van der Waals surface area contributed by atoms with E-state index in [0.29, 0.717) is 6.61 Å². The van der Waals surface area contributed by atoms with Gasteiger partial charge in [-0.3, -0.25) is 9.80 Å². The highest BCUT2D eigenvalue weighted by Gasteiger charge is 2.39. The first-order valence-corrected chi connectivity index (χ1v) is 8.71. The minimum atomic E-state index is -0.446. The SMILES string of the molecule is O=C1OCC(c2ccccc2)C1NN(c1ccccc1)c1ccccc1. The first kappa shape index (κ1) is 16.4. The van der Waals surface area contributed by atoms with E-state index in [2.05, 4.69) is 5.43 Å². The van der Waals surface area contributed by atoms with Crippen LogP contribution in [0.3, 0.4) is 0 Å². The van der Waals surface area contributed by atoms with Gasteiger partial charge in [-0.05, 0) is 29.8 Å². The van der Waals surface area contributed by atoms with Crippen LogP contribution in [-0.2, 0) is 9.53 Å². The Kier molecular flexibility index (Phi) is 4.67. The van der Waals surface area contributed by atoms with Crippen LogP contribution < -0.4 is 10.4 Å². The standard InChI is InChI=1S/C22H20N2O2/c25-22-21(20(16-26-22)17-10-4-1-5-11-17)23-24(18-12-6-2-7-13-18)19-14-8-3-9-15-19/h1-15,20-21,23H,16H2. The number of hydrazine groups is 1. The molecule has 4 rings (SSSR count). The van der Waals surface area contributed by atoms with Crippen LogP contribution in [0, 0.1) is 0 Å². The maximum Gasteiger partial charge on any atom is 0.325 e. The first-order chi connectivity index (χ1) is 12.8. The summed E-state index contributed by atoms with van der Waals surface area (Å²) in [5.74, 6) is -0.255. The molecule has 0 amide bonds. The number of cyclic esters (lactones) is 1. The molecule has 4 heteroatoms. The topological polar surface area (TPSA) is 41.6 Å². The second-order valence-electron chi connectivity index (χ2n) is 6.26. The Morgan fingerprint density at radius 3 is 1.81 bits per heavy atom. The number of esters is 1. The summed E-state index contributed by atoms with van der Waals surface area (Å²) in [7, 11) is 0. The summed E-state index contributed by atoms with van der Waals surface area (Å²) < 4.78 is 5.38. The molecule has 0 bridgehead atoms. The number of nitrogens with one attached hydrogen (secondary N) is 1. The maximum atomic E-state index is 12.4. The van der Waals surface area contributed by atoms with Crippen molar-refractivity contribution in [1.82, 2.24) is 5.43 Å². The second kappa shape index (κ2) is 7.42. The molecule has 3 aromatic carbocycles. The van der Waals surface area contributed by atoms with Crippen molar-refractivity contribution in [3.05, 3.63) is 96.6 Å². The van der Waals surface area contributed by atoms with E-state index in [1.54, 1.807) is 0 Å². The van der Waals surface area contributed by atoms with Crippen molar-refractivity contribution in [3.8, 4) is 0 Å². The molecule has 1 saturated heterocycles. The third kappa shape index (κ3) is 3.32. The summed E-state index contributed by atoms with van der Waals surface area (Å²) in [6, 6.07) is 29.5. The number of nitrogens with zero attached hydrogens (tertiary/aromatic N) is 1. The van der Waals surface area contributed by atoms with Crippen LogP contribution in [0.1, 0.15) is 11.5 Å². The van der Waals surface area contributed by atoms with E-state index >= 15 is 0 Å². The Labute approximate surface area is 153 Å². The van der Waals surface area contributed by atoms with E-state index in [1.807, 2.05) is 96.0 Å². The van der Waals surface area contributed by atoms with Crippen LogP contribution >= 0.6 is 0 Å². The van der Waals surface area contributed by atoms with Gasteiger partial charge in [-0.25, -0.2) is 5.43 Å². The van der Waals surface area contributed by atoms with Crippen molar-refractivity contribution in [2.24, 2.45) is 0 Å². The molecule has 1 fully saturated rings. The largest absolute Gasteiger partial charge is 0.464 e. The molecule has 0 aliphatic carbocycles. The number of carbonyl (C=O) groups excluding carboxylic acids is 1. The normalized spacial score (nSPS) is 19.2. The molecule has 0 spiro atoms. The van der Waals surface area contributed by atoms with Gasteiger partial charge in [0.25, 0.3) is 0 Å². The fourth-order valence-electron chi connectivity index (χ4n) is 3.25. The Morgan fingerprint density at radius 2 is 1.27 bits per heavy atom. The highest BCUT2D eigenvalue weighted by Crippen LogP contribution is 2.30. The average molecular weight is 344 g/mol. The van der Waals surface area contributed by atoms with Crippen molar-refractivity contribution in [3.63, 3.8) is 0 Å². The number of hydrogen-bond donors (Lipinski definition) is 1. The predicted octanol–water partition coefficient (Wildman–Crippen LogP) is 4.04. The fourth-order valence-corrected chi connectivity index (χ4v) is 3.25. The van der Waals surface area contributed by atoms with Crippen LogP contribution in [0.25, 0.3) is 0 Å². The summed E-state index contributed by atoms with van der Waals surface area (Å²) in [5.41, 5.74) is 6.43. The molecule has 3 aromatic rings. The van der Waals surface area contributed by atoms with Crippen LogP contribution in [0.2, 0.25) is 0 Å². The van der Waals surface area contributed by atoms with Crippen molar-refractivity contribution in [2.75, 3.05) is 11.6 Å². The van der Waals surface area contributed by atoms with Gasteiger partial charge < -0.3 is 4.74 Å². The highest BCUT2D eigenvalue weighted by atomic mass is 16.5. The Balaban J connectivity index is 1.67. The Hall–Kier alpha value is -3.11. The monoisotopic (exact) mass is 344 g/mol. The molecule has 26 heavy (non-hydrogen) atoms. The molecule has 1 heterocycles. The van der Waals surface area contributed by atoms with Gasteiger partial charge in [-0.15, -0.1) is 0 Å². The molecule has 0 radical (unpaired) electrons. The van der Waals surface area contributed by atoms with Crippen LogP contribution in [-0.4, -0.2) is 18.6 Å².